The Balaban J connectivity index is 1.81. The highest BCUT2D eigenvalue weighted by molar-refractivity contribution is 7.87. The van der Waals surface area contributed by atoms with Crippen LogP contribution in [-0.2, 0) is 27.8 Å². The minimum atomic E-state index is -6.27. The van der Waals surface area contributed by atoms with Crippen LogP contribution in [0.3, 0.4) is 0 Å². The summed E-state index contributed by atoms with van der Waals surface area (Å²) in [5.74, 6) is -3.93. The second kappa shape index (κ2) is 7.88. The quantitative estimate of drug-likeness (QED) is 0.449. The van der Waals surface area contributed by atoms with Crippen LogP contribution in [0.1, 0.15) is 34.3 Å². The number of nitrogens with one attached hydrogen (secondary N) is 1. The molecule has 0 radical (unpaired) electrons. The molecule has 0 spiro atoms. The van der Waals surface area contributed by atoms with Crippen LogP contribution in [0.2, 0.25) is 0 Å². The number of halogens is 2. The van der Waals surface area contributed by atoms with Gasteiger partial charge in [-0.2, -0.15) is 8.78 Å². The molecular weight excluding hydrogens is 408 g/mol. The Morgan fingerprint density at radius 2 is 1.69 bits per heavy atom. The summed E-state index contributed by atoms with van der Waals surface area (Å²) in [5.41, 5.74) is 2.50. The van der Waals surface area contributed by atoms with Gasteiger partial charge in [-0.3, -0.25) is 4.79 Å². The lowest BCUT2D eigenvalue weighted by Crippen LogP contribution is -2.41. The average molecular weight is 424 g/mol. The number of carbonyl (C=O) groups is 2. The molecule has 0 saturated heterocycles. The number of amides is 1. The third kappa shape index (κ3) is 4.43. The monoisotopic (exact) mass is 424 g/mol. The zero-order valence-corrected chi connectivity index (χ0v) is 15.8. The van der Waals surface area contributed by atoms with Gasteiger partial charge in [0.1, 0.15) is 5.75 Å². The molecule has 0 atom stereocenters. The van der Waals surface area contributed by atoms with Crippen LogP contribution in [0.15, 0.2) is 42.5 Å². The van der Waals surface area contributed by atoms with Crippen LogP contribution in [0, 0.1) is 0 Å². The summed E-state index contributed by atoms with van der Waals surface area (Å²) in [6.07, 6.45) is 3.98. The lowest BCUT2D eigenvalue weighted by molar-refractivity contribution is -0.151. The van der Waals surface area contributed by atoms with Crippen molar-refractivity contribution in [3.05, 3.63) is 59.2 Å². The lowest BCUT2D eigenvalue weighted by atomic mass is 9.91. The molecule has 0 aromatic heterocycles. The largest absolute Gasteiger partial charge is 0.743 e. The molecule has 0 unspecified atom stereocenters. The number of anilines is 1. The first-order chi connectivity index (χ1) is 13.6. The predicted octanol–water partition coefficient (Wildman–Crippen LogP) is 2.86. The second-order valence-electron chi connectivity index (χ2n) is 6.50. The van der Waals surface area contributed by atoms with Crippen LogP contribution in [0.25, 0.3) is 0 Å². The van der Waals surface area contributed by atoms with Gasteiger partial charge in [0.15, 0.2) is 10.1 Å². The topological polar surface area (TPSA) is 113 Å². The Morgan fingerprint density at radius 3 is 2.38 bits per heavy atom. The average Bonchev–Trinajstić information content (AvgIpc) is 2.67. The fourth-order valence-corrected chi connectivity index (χ4v) is 3.26. The lowest BCUT2D eigenvalue weighted by Gasteiger charge is -2.19. The first kappa shape index (κ1) is 20.9. The normalized spacial score (nSPS) is 14.0. The molecule has 1 aliphatic rings. The fraction of sp³-hybridized carbons (Fsp3) is 0.263. The van der Waals surface area contributed by atoms with Crippen molar-refractivity contribution in [3.63, 3.8) is 0 Å². The fourth-order valence-electron chi connectivity index (χ4n) is 3.01. The highest BCUT2D eigenvalue weighted by Crippen LogP contribution is 2.28. The highest BCUT2D eigenvalue weighted by Gasteiger charge is 2.49. The van der Waals surface area contributed by atoms with E-state index in [2.05, 4.69) is 10.1 Å². The van der Waals surface area contributed by atoms with Crippen LogP contribution < -0.4 is 10.1 Å². The Morgan fingerprint density at radius 1 is 1.03 bits per heavy atom. The summed E-state index contributed by atoms with van der Waals surface area (Å²) in [7, 11) is -6.27. The molecule has 0 heterocycles. The van der Waals surface area contributed by atoms with E-state index in [0.717, 1.165) is 37.3 Å². The molecule has 2 aromatic carbocycles. The zero-order valence-electron chi connectivity index (χ0n) is 15.0. The Labute approximate surface area is 165 Å². The van der Waals surface area contributed by atoms with Gasteiger partial charge < -0.3 is 14.6 Å². The number of carbonyl (C=O) groups excluding carboxylic acids is 2. The summed E-state index contributed by atoms with van der Waals surface area (Å²) in [6, 6.07) is 10.4. The van der Waals surface area contributed by atoms with E-state index in [-0.39, 0.29) is 5.56 Å². The summed E-state index contributed by atoms with van der Waals surface area (Å²) in [6.45, 7) is 0. The van der Waals surface area contributed by atoms with Gasteiger partial charge in [-0.15, -0.1) is 0 Å². The second-order valence-corrected chi connectivity index (χ2v) is 7.92. The van der Waals surface area contributed by atoms with Crippen molar-refractivity contribution in [1.29, 1.82) is 0 Å². The van der Waals surface area contributed by atoms with Crippen molar-refractivity contribution in [2.75, 3.05) is 5.32 Å². The van der Waals surface area contributed by atoms with E-state index in [0.29, 0.717) is 5.69 Å². The maximum Gasteiger partial charge on any atom is 0.429 e. The molecule has 1 aliphatic carbocycles. The molecule has 2 aromatic rings. The molecule has 1 N–H and O–H groups in total. The van der Waals surface area contributed by atoms with Crippen molar-refractivity contribution in [2.45, 2.75) is 30.9 Å². The smallest absolute Gasteiger partial charge is 0.429 e. The van der Waals surface area contributed by atoms with Crippen molar-refractivity contribution in [1.82, 2.24) is 0 Å². The maximum atomic E-state index is 13.4. The van der Waals surface area contributed by atoms with E-state index >= 15 is 0 Å². The summed E-state index contributed by atoms with van der Waals surface area (Å²) in [4.78, 5) is 24.1. The summed E-state index contributed by atoms with van der Waals surface area (Å²) in [5, 5.41) is -2.69. The molecule has 0 bridgehead atoms. The minimum Gasteiger partial charge on any atom is -0.743 e. The van der Waals surface area contributed by atoms with E-state index in [1.54, 1.807) is 6.07 Å². The van der Waals surface area contributed by atoms with Crippen LogP contribution in [-0.4, -0.2) is 30.1 Å². The van der Waals surface area contributed by atoms with E-state index < -0.39 is 33.0 Å². The van der Waals surface area contributed by atoms with E-state index in [9.17, 15) is 31.3 Å². The first-order valence-corrected chi connectivity index (χ1v) is 10.1. The maximum absolute atomic E-state index is 13.4. The van der Waals surface area contributed by atoms with Crippen molar-refractivity contribution >= 4 is 27.7 Å². The Bertz CT molecular complexity index is 1070. The molecule has 154 valence electrons. The minimum absolute atomic E-state index is 0.280. The molecule has 1 amide bonds. The van der Waals surface area contributed by atoms with Crippen molar-refractivity contribution in [2.24, 2.45) is 0 Å². The van der Waals surface area contributed by atoms with Crippen LogP contribution >= 0.6 is 0 Å². The van der Waals surface area contributed by atoms with E-state index in [4.69, 9.17) is 0 Å². The molecule has 0 saturated carbocycles. The third-order valence-electron chi connectivity index (χ3n) is 4.49. The molecule has 0 fully saturated rings. The standard InChI is InChI=1S/C19H17F2NO6S/c20-19(21,29(25,26)27)18(24)28-16-8-4-3-7-15(16)17(23)22-14-10-9-12-5-1-2-6-13(12)11-14/h3-4,7-11H,1-2,5-6H2,(H,22,23)(H,25,26,27)/p-1. The van der Waals surface area contributed by atoms with Gasteiger partial charge in [0.2, 0.25) is 0 Å². The molecule has 7 nitrogen and oxygen atoms in total. The Kier molecular flexibility index (Phi) is 5.67. The summed E-state index contributed by atoms with van der Waals surface area (Å²) < 4.78 is 62.8. The van der Waals surface area contributed by atoms with Crippen LogP contribution in [0.4, 0.5) is 14.5 Å². The number of esters is 1. The number of alkyl halides is 2. The van der Waals surface area contributed by atoms with Crippen molar-refractivity contribution < 1.29 is 36.1 Å². The molecule has 0 aliphatic heterocycles. The van der Waals surface area contributed by atoms with Gasteiger partial charge in [-0.1, -0.05) is 18.2 Å². The van der Waals surface area contributed by atoms with E-state index in [1.165, 1.54) is 23.8 Å². The predicted molar refractivity (Wildman–Crippen MR) is 97.8 cm³/mol. The van der Waals surface area contributed by atoms with Crippen molar-refractivity contribution in [3.8, 4) is 5.75 Å². The number of fused-ring (bicyclic) bond motifs is 1. The van der Waals surface area contributed by atoms with Gasteiger partial charge in [0.05, 0.1) is 5.56 Å². The summed E-state index contributed by atoms with van der Waals surface area (Å²) >= 11 is 0. The number of aryl methyl sites for hydroxylation is 2. The van der Waals surface area contributed by atoms with Gasteiger partial charge in [-0.25, -0.2) is 13.2 Å². The third-order valence-corrected chi connectivity index (χ3v) is 5.29. The van der Waals surface area contributed by atoms with E-state index in [1.807, 2.05) is 12.1 Å². The molecule has 10 heteroatoms. The van der Waals surface area contributed by atoms with Gasteiger partial charge in [-0.05, 0) is 61.1 Å². The first-order valence-electron chi connectivity index (χ1n) is 8.67. The Hall–Kier alpha value is -2.85. The number of benzene rings is 2. The molecule has 3 rings (SSSR count). The van der Waals surface area contributed by atoms with Gasteiger partial charge in [0.25, 0.3) is 5.91 Å². The molecule has 29 heavy (non-hydrogen) atoms. The number of hydrogen-bond donors (Lipinski definition) is 1. The molecular formula is C19H16F2NO6S-. The highest BCUT2D eigenvalue weighted by atomic mass is 32.2. The SMILES string of the molecule is O=C(Nc1ccc2c(c1)CCCC2)c1ccccc1OC(=O)C(F)(F)S(=O)(=O)[O-]. The van der Waals surface area contributed by atoms with Gasteiger partial charge >= 0.3 is 11.2 Å². The number of hydrogen-bond acceptors (Lipinski definition) is 6. The van der Waals surface area contributed by atoms with Crippen LogP contribution in [0.5, 0.6) is 5.75 Å². The number of para-hydroxylation sites is 1. The number of ether oxygens (including phenoxy) is 1. The number of rotatable bonds is 5. The zero-order chi connectivity index (χ0) is 21.2. The van der Waals surface area contributed by atoms with Gasteiger partial charge in [0, 0.05) is 5.69 Å².